The summed E-state index contributed by atoms with van der Waals surface area (Å²) in [6.07, 6.45) is 7.12. The zero-order chi connectivity index (χ0) is 32.7. The molecule has 0 amide bonds. The van der Waals surface area contributed by atoms with Gasteiger partial charge in [0.15, 0.2) is 5.60 Å². The molecular weight excluding hydrogens is 592 g/mol. The Hall–Kier alpha value is -2.97. The Bertz CT molecular complexity index is 1330. The van der Waals surface area contributed by atoms with Gasteiger partial charge in [0.25, 0.3) is 0 Å². The van der Waals surface area contributed by atoms with Gasteiger partial charge in [-0.2, -0.15) is 5.26 Å². The van der Waals surface area contributed by atoms with Crippen LogP contribution in [0, 0.1) is 16.7 Å². The van der Waals surface area contributed by atoms with Gasteiger partial charge < -0.3 is 30.2 Å². The molecule has 10 nitrogen and oxygen atoms in total. The number of carbonyl (C=O) groups excluding carboxylic acids is 1. The van der Waals surface area contributed by atoms with Gasteiger partial charge in [-0.05, 0) is 98.3 Å². The Labute approximate surface area is 273 Å². The lowest BCUT2D eigenvalue weighted by atomic mass is 9.82. The van der Waals surface area contributed by atoms with E-state index in [4.69, 9.17) is 30.8 Å². The molecule has 2 aromatic rings. The summed E-state index contributed by atoms with van der Waals surface area (Å²) in [5, 5.41) is 20.9. The maximum atomic E-state index is 12.5. The van der Waals surface area contributed by atoms with Crippen molar-refractivity contribution >= 4 is 29.2 Å². The molecule has 11 heteroatoms. The normalized spacial score (nSPS) is 20.9. The van der Waals surface area contributed by atoms with Crippen LogP contribution >= 0.6 is 11.6 Å². The highest BCUT2D eigenvalue weighted by molar-refractivity contribution is 6.33. The summed E-state index contributed by atoms with van der Waals surface area (Å²) < 4.78 is 16.9. The number of aromatic nitrogens is 2. The van der Waals surface area contributed by atoms with E-state index in [9.17, 15) is 10.1 Å². The maximum Gasteiger partial charge on any atom is 0.338 e. The van der Waals surface area contributed by atoms with Crippen molar-refractivity contribution in [2.24, 2.45) is 5.41 Å². The van der Waals surface area contributed by atoms with Crippen LogP contribution in [0.4, 0.5) is 11.6 Å². The zero-order valence-electron chi connectivity index (χ0n) is 27.5. The number of nitrogens with one attached hydrogen (secondary N) is 3. The van der Waals surface area contributed by atoms with E-state index in [-0.39, 0.29) is 12.0 Å². The van der Waals surface area contributed by atoms with E-state index in [1.807, 2.05) is 45.0 Å². The van der Waals surface area contributed by atoms with Gasteiger partial charge in [-0.15, -0.1) is 0 Å². The number of hydrogen-bond acceptors (Lipinski definition) is 10. The van der Waals surface area contributed by atoms with E-state index in [0.29, 0.717) is 62.1 Å². The van der Waals surface area contributed by atoms with Crippen molar-refractivity contribution in [2.45, 2.75) is 109 Å². The number of nitrogens with zero attached hydrogens (tertiary/aromatic N) is 3. The van der Waals surface area contributed by atoms with Crippen LogP contribution in [0.25, 0.3) is 11.3 Å². The van der Waals surface area contributed by atoms with Crippen molar-refractivity contribution in [3.05, 3.63) is 35.5 Å². The summed E-state index contributed by atoms with van der Waals surface area (Å²) in [5.41, 5.74) is -0.455. The number of hydrogen-bond donors (Lipinski definition) is 3. The Balaban J connectivity index is 1.27. The Morgan fingerprint density at radius 1 is 1.13 bits per heavy atom. The van der Waals surface area contributed by atoms with Gasteiger partial charge in [-0.25, -0.2) is 14.8 Å². The molecule has 2 fully saturated rings. The highest BCUT2D eigenvalue weighted by Crippen LogP contribution is 2.32. The molecule has 0 radical (unpaired) electrons. The molecule has 2 aliphatic rings. The monoisotopic (exact) mass is 640 g/mol. The molecule has 4 rings (SSSR count). The van der Waals surface area contributed by atoms with E-state index in [1.54, 1.807) is 20.0 Å². The first-order chi connectivity index (χ1) is 21.3. The predicted molar refractivity (Wildman–Crippen MR) is 177 cm³/mol. The molecule has 1 aliphatic heterocycles. The molecular formula is C34H49ClN6O4. The third-order valence-electron chi connectivity index (χ3n) is 8.36. The molecule has 1 saturated heterocycles. The van der Waals surface area contributed by atoms with Crippen molar-refractivity contribution in [1.82, 2.24) is 15.3 Å². The minimum Gasteiger partial charge on any atom is -0.458 e. The first kappa shape index (κ1) is 34.9. The highest BCUT2D eigenvalue weighted by Gasteiger charge is 2.35. The van der Waals surface area contributed by atoms with Gasteiger partial charge in [0.1, 0.15) is 17.2 Å². The molecule has 1 atom stereocenters. The highest BCUT2D eigenvalue weighted by atomic mass is 35.5. The van der Waals surface area contributed by atoms with Crippen molar-refractivity contribution in [3.63, 3.8) is 0 Å². The number of halogens is 1. The van der Waals surface area contributed by atoms with Crippen molar-refractivity contribution < 1.29 is 19.0 Å². The largest absolute Gasteiger partial charge is 0.458 e. The van der Waals surface area contributed by atoms with Crippen LogP contribution in [0.3, 0.4) is 0 Å². The summed E-state index contributed by atoms with van der Waals surface area (Å²) in [4.78, 5) is 21.8. The van der Waals surface area contributed by atoms with Crippen LogP contribution in [0.15, 0.2) is 30.5 Å². The SMILES string of the molecule is CC(COC(C)(C)C(=O)OC(C)(C)C)N[C@H]1CC[C@H](Nc2cc(-c3cccc(NCC4(C#N)CCOCC4)n3)c(Cl)cn2)CC1. The second-order valence-electron chi connectivity index (χ2n) is 13.9. The van der Waals surface area contributed by atoms with E-state index in [0.717, 1.165) is 42.8 Å². The molecule has 1 unspecified atom stereocenters. The molecule has 246 valence electrons. The van der Waals surface area contributed by atoms with Gasteiger partial charge in [0.05, 0.1) is 28.8 Å². The quantitative estimate of drug-likeness (QED) is 0.225. The number of ether oxygens (including phenoxy) is 3. The van der Waals surface area contributed by atoms with Crippen molar-refractivity contribution in [3.8, 4) is 17.3 Å². The number of nitriles is 1. The van der Waals surface area contributed by atoms with Crippen LogP contribution in [-0.2, 0) is 19.0 Å². The summed E-state index contributed by atoms with van der Waals surface area (Å²) in [7, 11) is 0. The minimum atomic E-state index is -1.01. The number of carbonyl (C=O) groups is 1. The second kappa shape index (κ2) is 15.1. The van der Waals surface area contributed by atoms with Crippen LogP contribution in [0.2, 0.25) is 5.02 Å². The van der Waals surface area contributed by atoms with Crippen LogP contribution < -0.4 is 16.0 Å². The first-order valence-corrected chi connectivity index (χ1v) is 16.4. The van der Waals surface area contributed by atoms with Crippen molar-refractivity contribution in [2.75, 3.05) is 37.0 Å². The average Bonchev–Trinajstić information content (AvgIpc) is 3.01. The second-order valence-corrected chi connectivity index (χ2v) is 14.3. The fourth-order valence-corrected chi connectivity index (χ4v) is 5.80. The summed E-state index contributed by atoms with van der Waals surface area (Å²) in [6.45, 7) is 13.3. The molecule has 0 spiro atoms. The number of anilines is 2. The van der Waals surface area contributed by atoms with Gasteiger partial charge in [0.2, 0.25) is 0 Å². The van der Waals surface area contributed by atoms with E-state index < -0.39 is 16.6 Å². The van der Waals surface area contributed by atoms with Crippen molar-refractivity contribution in [1.29, 1.82) is 5.26 Å². The topological polar surface area (TPSA) is 130 Å². The minimum absolute atomic E-state index is 0.0987. The van der Waals surface area contributed by atoms with Crippen LogP contribution in [0.1, 0.15) is 80.1 Å². The van der Waals surface area contributed by atoms with Gasteiger partial charge in [0, 0.05) is 49.6 Å². The Morgan fingerprint density at radius 3 is 2.49 bits per heavy atom. The number of esters is 1. The zero-order valence-corrected chi connectivity index (χ0v) is 28.3. The van der Waals surface area contributed by atoms with E-state index >= 15 is 0 Å². The molecule has 45 heavy (non-hydrogen) atoms. The Kier molecular flexibility index (Phi) is 11.7. The van der Waals surface area contributed by atoms with Gasteiger partial charge in [-0.1, -0.05) is 17.7 Å². The van der Waals surface area contributed by atoms with E-state index in [1.165, 1.54) is 0 Å². The molecule has 3 N–H and O–H groups in total. The standard InChI is InChI=1S/C34H49ClN6O4/c1-23(20-44-33(5,6)31(42)45-32(2,3)4)39-24-10-12-25(13-11-24)40-30-18-26(27(35)19-37-30)28-8-7-9-29(41-28)38-22-34(21-36)14-16-43-17-15-34/h7-9,18-19,23-25,39H,10-17,20,22H2,1-6H3,(H,37,40)(H,38,41)/t23?,24-,25-. The maximum absolute atomic E-state index is 12.5. The molecule has 2 aromatic heterocycles. The first-order valence-electron chi connectivity index (χ1n) is 16.0. The lowest BCUT2D eigenvalue weighted by Crippen LogP contribution is -2.46. The Morgan fingerprint density at radius 2 is 1.82 bits per heavy atom. The van der Waals surface area contributed by atoms with Gasteiger partial charge >= 0.3 is 5.97 Å². The van der Waals surface area contributed by atoms with Crippen LogP contribution in [-0.4, -0.2) is 71.6 Å². The third-order valence-corrected chi connectivity index (χ3v) is 8.66. The van der Waals surface area contributed by atoms with E-state index in [2.05, 4.69) is 33.9 Å². The predicted octanol–water partition coefficient (Wildman–Crippen LogP) is 6.37. The average molecular weight is 641 g/mol. The lowest BCUT2D eigenvalue weighted by Gasteiger charge is -2.33. The fourth-order valence-electron chi connectivity index (χ4n) is 5.60. The lowest BCUT2D eigenvalue weighted by molar-refractivity contribution is -0.180. The molecule has 3 heterocycles. The smallest absolute Gasteiger partial charge is 0.338 e. The summed E-state index contributed by atoms with van der Waals surface area (Å²) >= 11 is 6.58. The summed E-state index contributed by atoms with van der Waals surface area (Å²) in [6, 6.07) is 11.0. The molecule has 0 aromatic carbocycles. The molecule has 0 bridgehead atoms. The molecule has 1 aliphatic carbocycles. The fraction of sp³-hybridized carbons (Fsp3) is 0.647. The van der Waals surface area contributed by atoms with Gasteiger partial charge in [-0.3, -0.25) is 0 Å². The number of rotatable bonds is 12. The summed E-state index contributed by atoms with van der Waals surface area (Å²) in [5.74, 6) is 1.12. The van der Waals surface area contributed by atoms with Crippen LogP contribution in [0.5, 0.6) is 0 Å². The molecule has 1 saturated carbocycles. The number of pyridine rings is 2. The third kappa shape index (κ3) is 10.3.